The summed E-state index contributed by atoms with van der Waals surface area (Å²) in [6.45, 7) is 2.72. The normalized spacial score (nSPS) is 20.7. The number of nitrogens with zero attached hydrogens (tertiary/aromatic N) is 3. The molecule has 0 radical (unpaired) electrons. The van der Waals surface area contributed by atoms with E-state index in [0.717, 1.165) is 13.0 Å². The van der Waals surface area contributed by atoms with Gasteiger partial charge < -0.3 is 19.8 Å². The maximum Gasteiger partial charge on any atom is 0.319 e. The first-order valence-electron chi connectivity index (χ1n) is 6.26. The first kappa shape index (κ1) is 14.8. The molecule has 1 rings (SSSR count). The summed E-state index contributed by atoms with van der Waals surface area (Å²) < 4.78 is 0. The van der Waals surface area contributed by atoms with Crippen LogP contribution in [0.4, 0.5) is 4.79 Å². The van der Waals surface area contributed by atoms with Gasteiger partial charge in [0, 0.05) is 32.6 Å². The zero-order valence-corrected chi connectivity index (χ0v) is 11.4. The van der Waals surface area contributed by atoms with Gasteiger partial charge in [0.15, 0.2) is 0 Å². The average Bonchev–Trinajstić information content (AvgIpc) is 2.23. The van der Waals surface area contributed by atoms with Crippen LogP contribution < -0.4 is 0 Å². The number of hydrogen-bond acceptors (Lipinski definition) is 3. The summed E-state index contributed by atoms with van der Waals surface area (Å²) in [6, 6.07) is 0.00962. The van der Waals surface area contributed by atoms with Crippen LogP contribution in [0, 0.1) is 5.92 Å². The van der Waals surface area contributed by atoms with Gasteiger partial charge in [0.05, 0.1) is 6.42 Å². The third kappa shape index (κ3) is 4.52. The second-order valence-electron chi connectivity index (χ2n) is 5.23. The molecular weight excluding hydrogens is 234 g/mol. The molecule has 0 aromatic carbocycles. The molecule has 0 aromatic rings. The molecular formula is C12H23N3O3. The van der Waals surface area contributed by atoms with Crippen LogP contribution in [0.5, 0.6) is 0 Å². The van der Waals surface area contributed by atoms with Gasteiger partial charge in [-0.3, -0.25) is 4.79 Å². The van der Waals surface area contributed by atoms with E-state index in [0.29, 0.717) is 19.6 Å². The molecule has 18 heavy (non-hydrogen) atoms. The summed E-state index contributed by atoms with van der Waals surface area (Å²) in [5.74, 6) is -0.763. The highest BCUT2D eigenvalue weighted by molar-refractivity contribution is 5.75. The molecule has 1 atom stereocenters. The first-order valence-corrected chi connectivity index (χ1v) is 6.26. The molecule has 1 heterocycles. The molecule has 0 aromatic heterocycles. The molecule has 0 bridgehead atoms. The van der Waals surface area contributed by atoms with Crippen LogP contribution in [0.15, 0.2) is 0 Å². The minimum Gasteiger partial charge on any atom is -0.481 e. The van der Waals surface area contributed by atoms with E-state index < -0.39 is 5.97 Å². The third-order valence-electron chi connectivity index (χ3n) is 3.10. The van der Waals surface area contributed by atoms with Crippen LogP contribution in [-0.2, 0) is 4.79 Å². The number of carbonyl (C=O) groups excluding carboxylic acids is 1. The molecule has 0 spiro atoms. The second kappa shape index (κ2) is 6.58. The molecule has 0 saturated carbocycles. The smallest absolute Gasteiger partial charge is 0.319 e. The maximum atomic E-state index is 11.9. The summed E-state index contributed by atoms with van der Waals surface area (Å²) >= 11 is 0. The fourth-order valence-electron chi connectivity index (χ4n) is 2.30. The van der Waals surface area contributed by atoms with Crippen LogP contribution in [0.25, 0.3) is 0 Å². The second-order valence-corrected chi connectivity index (χ2v) is 5.23. The Morgan fingerprint density at radius 1 is 1.44 bits per heavy atom. The van der Waals surface area contributed by atoms with Crippen molar-refractivity contribution in [3.63, 3.8) is 0 Å². The van der Waals surface area contributed by atoms with Gasteiger partial charge in [-0.2, -0.15) is 0 Å². The number of hydrogen-bond donors (Lipinski definition) is 1. The molecule has 1 fully saturated rings. The fraction of sp³-hybridized carbons (Fsp3) is 0.833. The molecule has 1 saturated heterocycles. The lowest BCUT2D eigenvalue weighted by atomic mass is 10.0. The Hall–Kier alpha value is -1.30. The van der Waals surface area contributed by atoms with E-state index in [2.05, 4.69) is 4.90 Å². The Bertz CT molecular complexity index is 307. The molecule has 104 valence electrons. The largest absolute Gasteiger partial charge is 0.481 e. The highest BCUT2D eigenvalue weighted by Gasteiger charge is 2.30. The van der Waals surface area contributed by atoms with Crippen LogP contribution in [0.1, 0.15) is 12.8 Å². The van der Waals surface area contributed by atoms with Crippen molar-refractivity contribution in [3.8, 4) is 0 Å². The van der Waals surface area contributed by atoms with Gasteiger partial charge in [0.2, 0.25) is 0 Å². The molecule has 1 N–H and O–H groups in total. The number of aliphatic carboxylic acids is 1. The predicted octanol–water partition coefficient (Wildman–Crippen LogP) is 0.396. The van der Waals surface area contributed by atoms with Crippen molar-refractivity contribution < 1.29 is 14.7 Å². The molecule has 1 aliphatic heterocycles. The lowest BCUT2D eigenvalue weighted by Gasteiger charge is -2.38. The number of amides is 2. The van der Waals surface area contributed by atoms with Gasteiger partial charge in [0.1, 0.15) is 0 Å². The summed E-state index contributed by atoms with van der Waals surface area (Å²) in [7, 11) is 5.73. The number of carboxylic acids is 1. The van der Waals surface area contributed by atoms with Gasteiger partial charge in [-0.15, -0.1) is 0 Å². The van der Waals surface area contributed by atoms with E-state index in [4.69, 9.17) is 5.11 Å². The zero-order valence-electron chi connectivity index (χ0n) is 11.4. The zero-order chi connectivity index (χ0) is 13.7. The number of rotatable bonds is 6. The maximum absolute atomic E-state index is 11.9. The van der Waals surface area contributed by atoms with Crippen LogP contribution >= 0.6 is 0 Å². The van der Waals surface area contributed by atoms with Crippen molar-refractivity contribution in [2.45, 2.75) is 12.8 Å². The Kier molecular flexibility index (Phi) is 5.40. The van der Waals surface area contributed by atoms with E-state index in [1.54, 1.807) is 16.8 Å². The van der Waals surface area contributed by atoms with Crippen LogP contribution in [0.3, 0.4) is 0 Å². The molecule has 6 heteroatoms. The molecule has 2 amide bonds. The van der Waals surface area contributed by atoms with Gasteiger partial charge in [-0.1, -0.05) is 0 Å². The van der Waals surface area contributed by atoms with E-state index in [1.165, 1.54) is 0 Å². The molecule has 1 unspecified atom stereocenters. The highest BCUT2D eigenvalue weighted by Crippen LogP contribution is 2.16. The number of carbonyl (C=O) groups is 2. The van der Waals surface area contributed by atoms with Gasteiger partial charge in [-0.05, 0) is 27.1 Å². The van der Waals surface area contributed by atoms with Crippen molar-refractivity contribution in [1.82, 2.24) is 14.7 Å². The monoisotopic (exact) mass is 257 g/mol. The van der Waals surface area contributed by atoms with Crippen molar-refractivity contribution >= 4 is 12.0 Å². The minimum atomic E-state index is -0.795. The Balaban J connectivity index is 2.48. The quantitative estimate of drug-likeness (QED) is 0.748. The molecule has 1 aliphatic rings. The minimum absolute atomic E-state index is 0.00962. The predicted molar refractivity (Wildman–Crippen MR) is 68.5 cm³/mol. The Morgan fingerprint density at radius 3 is 2.67 bits per heavy atom. The topological polar surface area (TPSA) is 64.1 Å². The summed E-state index contributed by atoms with van der Waals surface area (Å²) in [5.41, 5.74) is 0. The van der Waals surface area contributed by atoms with Gasteiger partial charge in [0.25, 0.3) is 0 Å². The molecule has 6 nitrogen and oxygen atoms in total. The van der Waals surface area contributed by atoms with Gasteiger partial charge >= 0.3 is 12.0 Å². The molecule has 0 aliphatic carbocycles. The van der Waals surface area contributed by atoms with E-state index in [1.807, 2.05) is 14.1 Å². The highest BCUT2D eigenvalue weighted by atomic mass is 16.4. The van der Waals surface area contributed by atoms with Crippen molar-refractivity contribution in [2.75, 3.05) is 47.3 Å². The van der Waals surface area contributed by atoms with Crippen molar-refractivity contribution in [3.05, 3.63) is 0 Å². The Labute approximate surface area is 108 Å². The first-order chi connectivity index (χ1) is 8.40. The summed E-state index contributed by atoms with van der Waals surface area (Å²) in [6.07, 6.45) is 1.04. The average molecular weight is 257 g/mol. The standard InChI is InChI=1S/C12H23N3O3/c1-13(2)5-4-6-15-9-10(7-11(16)17)8-14(3)12(15)18/h10H,4-9H2,1-3H3,(H,16,17). The SMILES string of the molecule is CN(C)CCCN1CC(CC(=O)O)CN(C)C1=O. The summed E-state index contributed by atoms with van der Waals surface area (Å²) in [4.78, 5) is 28.1. The fourth-order valence-corrected chi connectivity index (χ4v) is 2.30. The van der Waals surface area contributed by atoms with Gasteiger partial charge in [-0.25, -0.2) is 4.79 Å². The summed E-state index contributed by atoms with van der Waals surface area (Å²) in [5, 5.41) is 8.82. The lowest BCUT2D eigenvalue weighted by Crippen LogP contribution is -2.52. The van der Waals surface area contributed by atoms with E-state index in [-0.39, 0.29) is 18.4 Å². The van der Waals surface area contributed by atoms with E-state index in [9.17, 15) is 9.59 Å². The van der Waals surface area contributed by atoms with Crippen molar-refractivity contribution in [1.29, 1.82) is 0 Å². The Morgan fingerprint density at radius 2 is 2.11 bits per heavy atom. The number of carboxylic acid groups (broad SMARTS) is 1. The third-order valence-corrected chi connectivity index (χ3v) is 3.10. The number of urea groups is 1. The van der Waals surface area contributed by atoms with Crippen LogP contribution in [0.2, 0.25) is 0 Å². The van der Waals surface area contributed by atoms with Crippen LogP contribution in [-0.4, -0.2) is 79.1 Å². The lowest BCUT2D eigenvalue weighted by molar-refractivity contribution is -0.138. The van der Waals surface area contributed by atoms with Crippen molar-refractivity contribution in [2.24, 2.45) is 5.92 Å². The van der Waals surface area contributed by atoms with E-state index >= 15 is 0 Å².